The van der Waals surface area contributed by atoms with Crippen LogP contribution in [-0.4, -0.2) is 34.5 Å². The topological polar surface area (TPSA) is 77.8 Å². The summed E-state index contributed by atoms with van der Waals surface area (Å²) < 4.78 is 0. The van der Waals surface area contributed by atoms with Crippen LogP contribution >= 0.6 is 0 Å². The van der Waals surface area contributed by atoms with Crippen LogP contribution in [0.4, 0.5) is 0 Å². The first-order valence-corrected chi connectivity index (χ1v) is 5.67. The van der Waals surface area contributed by atoms with Crippen molar-refractivity contribution in [1.29, 1.82) is 0 Å². The molecule has 4 nitrogen and oxygen atoms in total. The Balaban J connectivity index is 2.73. The third kappa shape index (κ3) is 3.06. The van der Waals surface area contributed by atoms with Crippen molar-refractivity contribution in [2.24, 2.45) is 11.3 Å². The zero-order valence-electron chi connectivity index (χ0n) is 9.65. The maximum atomic E-state index is 10.8. The molecular weight excluding hydrogens is 208 g/mol. The fraction of sp³-hybridized carbons (Fsp3) is 0.750. The van der Waals surface area contributed by atoms with Gasteiger partial charge in [0.2, 0.25) is 0 Å². The van der Waals surface area contributed by atoms with Crippen LogP contribution in [0.2, 0.25) is 0 Å². The van der Waals surface area contributed by atoms with Crippen LogP contribution in [0.15, 0.2) is 11.6 Å². The molecule has 0 aliphatic heterocycles. The molecule has 0 aromatic carbocycles. The minimum Gasteiger partial charge on any atom is -0.478 e. The smallest absolute Gasteiger partial charge is 0.330 e. The van der Waals surface area contributed by atoms with E-state index in [4.69, 9.17) is 10.2 Å². The van der Waals surface area contributed by atoms with E-state index < -0.39 is 11.4 Å². The maximum absolute atomic E-state index is 10.8. The van der Waals surface area contributed by atoms with Crippen LogP contribution < -0.4 is 0 Å². The maximum Gasteiger partial charge on any atom is 0.330 e. The Labute approximate surface area is 95.6 Å². The number of aliphatic carboxylic acids is 1. The second-order valence-corrected chi connectivity index (χ2v) is 4.78. The molecule has 3 N–H and O–H groups in total. The van der Waals surface area contributed by atoms with Gasteiger partial charge in [-0.3, -0.25) is 0 Å². The molecule has 0 amide bonds. The van der Waals surface area contributed by atoms with Gasteiger partial charge in [-0.2, -0.15) is 0 Å². The highest BCUT2D eigenvalue weighted by Crippen LogP contribution is 2.40. The van der Waals surface area contributed by atoms with Crippen molar-refractivity contribution in [3.05, 3.63) is 11.6 Å². The fourth-order valence-electron chi connectivity index (χ4n) is 2.30. The number of rotatable bonds is 4. The van der Waals surface area contributed by atoms with Crippen molar-refractivity contribution in [2.45, 2.75) is 32.6 Å². The monoisotopic (exact) mass is 228 g/mol. The first-order chi connectivity index (χ1) is 7.53. The van der Waals surface area contributed by atoms with Gasteiger partial charge >= 0.3 is 5.97 Å². The Morgan fingerprint density at radius 2 is 1.94 bits per heavy atom. The van der Waals surface area contributed by atoms with Crippen LogP contribution in [0.3, 0.4) is 0 Å². The standard InChI is InChI=1S/C12H20O4/c1-9(11(15)16)6-12(8-14)4-2-10(7-13)3-5-12/h6,10,13-14H,2-5,7-8H2,1H3,(H,15,16). The van der Waals surface area contributed by atoms with Gasteiger partial charge in [-0.1, -0.05) is 6.08 Å². The van der Waals surface area contributed by atoms with E-state index in [1.165, 1.54) is 0 Å². The summed E-state index contributed by atoms with van der Waals surface area (Å²) in [5.41, 5.74) is -0.106. The molecule has 0 atom stereocenters. The molecule has 0 aromatic heterocycles. The van der Waals surface area contributed by atoms with E-state index >= 15 is 0 Å². The zero-order valence-corrected chi connectivity index (χ0v) is 9.65. The average molecular weight is 228 g/mol. The molecule has 16 heavy (non-hydrogen) atoms. The summed E-state index contributed by atoms with van der Waals surface area (Å²) in [5, 5.41) is 27.3. The lowest BCUT2D eigenvalue weighted by atomic mass is 9.70. The molecule has 0 saturated heterocycles. The number of hydrogen-bond acceptors (Lipinski definition) is 3. The largest absolute Gasteiger partial charge is 0.478 e. The average Bonchev–Trinajstić information content (AvgIpc) is 2.29. The molecule has 1 aliphatic carbocycles. The van der Waals surface area contributed by atoms with Gasteiger partial charge in [0.15, 0.2) is 0 Å². The first-order valence-electron chi connectivity index (χ1n) is 5.67. The van der Waals surface area contributed by atoms with Gasteiger partial charge < -0.3 is 15.3 Å². The van der Waals surface area contributed by atoms with E-state index in [1.807, 2.05) is 0 Å². The molecule has 0 bridgehead atoms. The minimum absolute atomic E-state index is 0.0181. The highest BCUT2D eigenvalue weighted by atomic mass is 16.4. The lowest BCUT2D eigenvalue weighted by Gasteiger charge is -2.36. The number of carboxylic acid groups (broad SMARTS) is 1. The van der Waals surface area contributed by atoms with Crippen LogP contribution in [0.25, 0.3) is 0 Å². The van der Waals surface area contributed by atoms with E-state index in [1.54, 1.807) is 13.0 Å². The highest BCUT2D eigenvalue weighted by molar-refractivity contribution is 5.85. The van der Waals surface area contributed by atoms with Gasteiger partial charge in [0.05, 0.1) is 6.61 Å². The summed E-state index contributed by atoms with van der Waals surface area (Å²) in [6.07, 6.45) is 4.88. The SMILES string of the molecule is CC(=CC1(CO)CCC(CO)CC1)C(=O)O. The van der Waals surface area contributed by atoms with Crippen molar-refractivity contribution >= 4 is 5.97 Å². The lowest BCUT2D eigenvalue weighted by molar-refractivity contribution is -0.132. The van der Waals surface area contributed by atoms with Crippen molar-refractivity contribution in [3.63, 3.8) is 0 Å². The molecule has 0 spiro atoms. The summed E-state index contributed by atoms with van der Waals surface area (Å²) in [6.45, 7) is 1.72. The lowest BCUT2D eigenvalue weighted by Crippen LogP contribution is -2.31. The van der Waals surface area contributed by atoms with Gasteiger partial charge in [0.1, 0.15) is 0 Å². The van der Waals surface area contributed by atoms with Crippen molar-refractivity contribution in [2.75, 3.05) is 13.2 Å². The van der Waals surface area contributed by atoms with Crippen molar-refractivity contribution in [1.82, 2.24) is 0 Å². The summed E-state index contributed by atoms with van der Waals surface area (Å²) in [7, 11) is 0. The number of hydrogen-bond donors (Lipinski definition) is 3. The minimum atomic E-state index is -0.933. The Hall–Kier alpha value is -0.870. The molecule has 1 fully saturated rings. The second-order valence-electron chi connectivity index (χ2n) is 4.78. The van der Waals surface area contributed by atoms with Gasteiger partial charge in [-0.15, -0.1) is 0 Å². The van der Waals surface area contributed by atoms with Crippen LogP contribution in [0, 0.1) is 11.3 Å². The molecule has 0 aromatic rings. The Morgan fingerprint density at radius 1 is 1.38 bits per heavy atom. The second kappa shape index (κ2) is 5.46. The molecule has 1 rings (SSSR count). The van der Waals surface area contributed by atoms with E-state index in [9.17, 15) is 9.90 Å². The third-order valence-electron chi connectivity index (χ3n) is 3.53. The molecule has 1 saturated carbocycles. The summed E-state index contributed by atoms with van der Waals surface area (Å²) in [4.78, 5) is 10.8. The van der Waals surface area contributed by atoms with Gasteiger partial charge in [0, 0.05) is 17.6 Å². The van der Waals surface area contributed by atoms with E-state index in [0.717, 1.165) is 25.7 Å². The third-order valence-corrected chi connectivity index (χ3v) is 3.53. The molecule has 0 heterocycles. The number of aliphatic hydroxyl groups excluding tert-OH is 2. The van der Waals surface area contributed by atoms with Gasteiger partial charge in [-0.25, -0.2) is 4.79 Å². The molecule has 92 valence electrons. The molecule has 0 unspecified atom stereocenters. The van der Waals surface area contributed by atoms with Crippen molar-refractivity contribution in [3.8, 4) is 0 Å². The number of carboxylic acids is 1. The van der Waals surface area contributed by atoms with Crippen LogP contribution in [0.5, 0.6) is 0 Å². The first kappa shape index (κ1) is 13.2. The molecule has 0 radical (unpaired) electrons. The van der Waals surface area contributed by atoms with E-state index in [0.29, 0.717) is 5.92 Å². The fourth-order valence-corrected chi connectivity index (χ4v) is 2.30. The zero-order chi connectivity index (χ0) is 12.2. The summed E-state index contributed by atoms with van der Waals surface area (Å²) >= 11 is 0. The predicted octanol–water partition coefficient (Wildman–Crippen LogP) is 1.18. The summed E-state index contributed by atoms with van der Waals surface area (Å²) in [5.74, 6) is -0.629. The Kier molecular flexibility index (Phi) is 4.50. The summed E-state index contributed by atoms with van der Waals surface area (Å²) in [6, 6.07) is 0. The molecular formula is C12H20O4. The van der Waals surface area contributed by atoms with Crippen LogP contribution in [-0.2, 0) is 4.79 Å². The normalized spacial score (nSPS) is 31.4. The van der Waals surface area contributed by atoms with E-state index in [-0.39, 0.29) is 18.8 Å². The Morgan fingerprint density at radius 3 is 2.31 bits per heavy atom. The molecule has 1 aliphatic rings. The number of aliphatic hydroxyl groups is 2. The number of carbonyl (C=O) groups is 1. The van der Waals surface area contributed by atoms with Crippen LogP contribution in [0.1, 0.15) is 32.6 Å². The molecule has 4 heteroatoms. The predicted molar refractivity (Wildman–Crippen MR) is 60.0 cm³/mol. The van der Waals surface area contributed by atoms with E-state index in [2.05, 4.69) is 0 Å². The van der Waals surface area contributed by atoms with Crippen molar-refractivity contribution < 1.29 is 20.1 Å². The highest BCUT2D eigenvalue weighted by Gasteiger charge is 2.33. The van der Waals surface area contributed by atoms with Gasteiger partial charge in [0.25, 0.3) is 0 Å². The Bertz CT molecular complexity index is 275. The van der Waals surface area contributed by atoms with Gasteiger partial charge in [-0.05, 0) is 38.5 Å². The quantitative estimate of drug-likeness (QED) is 0.631.